The Labute approximate surface area is 156 Å². The average Bonchev–Trinajstić information content (AvgIpc) is 3.19. The highest BCUT2D eigenvalue weighted by Crippen LogP contribution is 2.28. The van der Waals surface area contributed by atoms with Crippen LogP contribution in [0.3, 0.4) is 0 Å². The van der Waals surface area contributed by atoms with Crippen molar-refractivity contribution in [2.24, 2.45) is 0 Å². The molecule has 140 valence electrons. The average molecular weight is 368 g/mol. The number of hydrogen-bond donors (Lipinski definition) is 2. The van der Waals surface area contributed by atoms with Crippen molar-refractivity contribution in [3.63, 3.8) is 0 Å². The summed E-state index contributed by atoms with van der Waals surface area (Å²) in [4.78, 5) is 19.2. The summed E-state index contributed by atoms with van der Waals surface area (Å²) in [5, 5.41) is 17.5. The third-order valence-corrected chi connectivity index (χ3v) is 3.88. The lowest BCUT2D eigenvalue weighted by Gasteiger charge is -2.10. The number of methoxy groups -OCH3 is 1. The van der Waals surface area contributed by atoms with E-state index in [-0.39, 0.29) is 11.5 Å². The van der Waals surface area contributed by atoms with Gasteiger partial charge in [-0.2, -0.15) is 0 Å². The van der Waals surface area contributed by atoms with E-state index in [4.69, 9.17) is 4.74 Å². The first kappa shape index (κ1) is 18.2. The molecule has 2 N–H and O–H groups in total. The number of anilines is 3. The van der Waals surface area contributed by atoms with Gasteiger partial charge in [-0.25, -0.2) is 9.97 Å². The number of nitro groups is 1. The summed E-state index contributed by atoms with van der Waals surface area (Å²) >= 11 is 0. The van der Waals surface area contributed by atoms with Gasteiger partial charge in [-0.3, -0.25) is 10.1 Å². The number of hydrogen-bond acceptors (Lipinski definition) is 7. The SMILES string of the molecule is COc1ccc(Nc2nc(NCCCn3ccnc3)ccc2[N+](=O)[O-])cc1. The fraction of sp³-hybridized carbons (Fsp3) is 0.222. The lowest BCUT2D eigenvalue weighted by molar-refractivity contribution is -0.384. The zero-order valence-corrected chi connectivity index (χ0v) is 14.8. The lowest BCUT2D eigenvalue weighted by Crippen LogP contribution is -2.08. The summed E-state index contributed by atoms with van der Waals surface area (Å²) in [6.07, 6.45) is 6.28. The van der Waals surface area contributed by atoms with Crippen LogP contribution >= 0.6 is 0 Å². The topological polar surface area (TPSA) is 107 Å². The molecule has 0 unspecified atom stereocenters. The maximum absolute atomic E-state index is 11.3. The molecule has 0 fully saturated rings. The van der Waals surface area contributed by atoms with Gasteiger partial charge in [0.2, 0.25) is 5.82 Å². The van der Waals surface area contributed by atoms with Crippen LogP contribution in [0.15, 0.2) is 55.1 Å². The summed E-state index contributed by atoms with van der Waals surface area (Å²) in [6.45, 7) is 1.52. The van der Waals surface area contributed by atoms with Crippen LogP contribution in [0.25, 0.3) is 0 Å². The van der Waals surface area contributed by atoms with Crippen molar-refractivity contribution in [3.05, 3.63) is 65.2 Å². The second-order valence-corrected chi connectivity index (χ2v) is 5.76. The van der Waals surface area contributed by atoms with Crippen LogP contribution < -0.4 is 15.4 Å². The fourth-order valence-electron chi connectivity index (χ4n) is 2.50. The molecule has 0 amide bonds. The monoisotopic (exact) mass is 368 g/mol. The Kier molecular flexibility index (Phi) is 5.83. The van der Waals surface area contributed by atoms with Gasteiger partial charge in [0.1, 0.15) is 11.6 Å². The maximum Gasteiger partial charge on any atom is 0.311 e. The molecule has 27 heavy (non-hydrogen) atoms. The van der Waals surface area contributed by atoms with E-state index in [1.165, 1.54) is 6.07 Å². The number of ether oxygens (including phenoxy) is 1. The number of nitrogens with zero attached hydrogens (tertiary/aromatic N) is 4. The first-order valence-corrected chi connectivity index (χ1v) is 8.42. The smallest absolute Gasteiger partial charge is 0.311 e. The Morgan fingerprint density at radius 1 is 1.22 bits per heavy atom. The van der Waals surface area contributed by atoms with E-state index in [1.54, 1.807) is 50.0 Å². The summed E-state index contributed by atoms with van der Waals surface area (Å²) in [7, 11) is 1.58. The van der Waals surface area contributed by atoms with E-state index < -0.39 is 4.92 Å². The van der Waals surface area contributed by atoms with Crippen LogP contribution in [0.2, 0.25) is 0 Å². The number of aromatic nitrogens is 3. The molecule has 9 nitrogen and oxygen atoms in total. The molecule has 2 aromatic heterocycles. The first-order chi connectivity index (χ1) is 13.2. The van der Waals surface area contributed by atoms with Crippen molar-refractivity contribution in [1.82, 2.24) is 14.5 Å². The molecule has 9 heteroatoms. The van der Waals surface area contributed by atoms with Gasteiger partial charge in [0.25, 0.3) is 0 Å². The van der Waals surface area contributed by atoms with Crippen molar-refractivity contribution >= 4 is 23.0 Å². The van der Waals surface area contributed by atoms with Crippen molar-refractivity contribution in [1.29, 1.82) is 0 Å². The maximum atomic E-state index is 11.3. The predicted molar refractivity (Wildman–Crippen MR) is 103 cm³/mol. The zero-order chi connectivity index (χ0) is 19.1. The second-order valence-electron chi connectivity index (χ2n) is 5.76. The molecule has 0 radical (unpaired) electrons. The Balaban J connectivity index is 1.66. The normalized spacial score (nSPS) is 10.4. The molecular weight excluding hydrogens is 348 g/mol. The Morgan fingerprint density at radius 3 is 2.70 bits per heavy atom. The van der Waals surface area contributed by atoms with E-state index >= 15 is 0 Å². The molecule has 0 spiro atoms. The molecule has 2 heterocycles. The van der Waals surface area contributed by atoms with E-state index in [2.05, 4.69) is 20.6 Å². The number of rotatable bonds is 9. The van der Waals surface area contributed by atoms with Gasteiger partial charge in [-0.05, 0) is 36.8 Å². The molecule has 0 aliphatic heterocycles. The Bertz CT molecular complexity index is 881. The van der Waals surface area contributed by atoms with Gasteiger partial charge in [0.15, 0.2) is 0 Å². The molecule has 0 aliphatic rings. The van der Waals surface area contributed by atoms with Crippen LogP contribution in [0, 0.1) is 10.1 Å². The number of nitrogens with one attached hydrogen (secondary N) is 2. The van der Waals surface area contributed by atoms with Crippen LogP contribution in [0.1, 0.15) is 6.42 Å². The predicted octanol–water partition coefficient (Wildman–Crippen LogP) is 3.44. The van der Waals surface area contributed by atoms with Gasteiger partial charge in [0.05, 0.1) is 18.4 Å². The minimum atomic E-state index is -0.457. The molecule has 0 saturated carbocycles. The largest absolute Gasteiger partial charge is 0.497 e. The number of aryl methyl sites for hydroxylation is 1. The molecule has 3 aromatic rings. The highest BCUT2D eigenvalue weighted by Gasteiger charge is 2.16. The molecule has 3 rings (SSSR count). The molecule has 0 aliphatic carbocycles. The highest BCUT2D eigenvalue weighted by molar-refractivity contribution is 5.68. The van der Waals surface area contributed by atoms with Crippen molar-refractivity contribution in [2.75, 3.05) is 24.3 Å². The fourth-order valence-corrected chi connectivity index (χ4v) is 2.50. The number of pyridine rings is 1. The zero-order valence-electron chi connectivity index (χ0n) is 14.8. The van der Waals surface area contributed by atoms with Gasteiger partial charge in [0, 0.05) is 37.2 Å². The van der Waals surface area contributed by atoms with Gasteiger partial charge in [-0.15, -0.1) is 0 Å². The van der Waals surface area contributed by atoms with Crippen molar-refractivity contribution in [2.45, 2.75) is 13.0 Å². The molecule has 0 bridgehead atoms. The van der Waals surface area contributed by atoms with Crippen LogP contribution in [0.5, 0.6) is 5.75 Å². The van der Waals surface area contributed by atoms with Gasteiger partial charge >= 0.3 is 5.69 Å². The number of imidazole rings is 1. The van der Waals surface area contributed by atoms with Crippen LogP contribution in [-0.2, 0) is 6.54 Å². The van der Waals surface area contributed by atoms with Crippen LogP contribution in [0.4, 0.5) is 23.0 Å². The van der Waals surface area contributed by atoms with E-state index in [0.29, 0.717) is 23.8 Å². The van der Waals surface area contributed by atoms with Crippen molar-refractivity contribution in [3.8, 4) is 5.75 Å². The first-order valence-electron chi connectivity index (χ1n) is 8.42. The summed E-state index contributed by atoms with van der Waals surface area (Å²) in [5.74, 6) is 1.46. The molecular formula is C18H20N6O3. The van der Waals surface area contributed by atoms with E-state index in [1.807, 2.05) is 10.8 Å². The Morgan fingerprint density at radius 2 is 2.04 bits per heavy atom. The highest BCUT2D eigenvalue weighted by atomic mass is 16.6. The summed E-state index contributed by atoms with van der Waals surface area (Å²) < 4.78 is 7.10. The van der Waals surface area contributed by atoms with Crippen LogP contribution in [-0.4, -0.2) is 33.1 Å². The Hall–Kier alpha value is -3.62. The van der Waals surface area contributed by atoms with Gasteiger partial charge in [-0.1, -0.05) is 0 Å². The van der Waals surface area contributed by atoms with E-state index in [0.717, 1.165) is 13.0 Å². The van der Waals surface area contributed by atoms with Crippen molar-refractivity contribution < 1.29 is 9.66 Å². The van der Waals surface area contributed by atoms with E-state index in [9.17, 15) is 10.1 Å². The molecule has 0 atom stereocenters. The number of benzene rings is 1. The lowest BCUT2D eigenvalue weighted by atomic mass is 10.3. The summed E-state index contributed by atoms with van der Waals surface area (Å²) in [6, 6.07) is 10.1. The third kappa shape index (κ3) is 4.94. The second kappa shape index (κ2) is 8.65. The summed E-state index contributed by atoms with van der Waals surface area (Å²) in [5.41, 5.74) is 0.596. The standard InChI is InChI=1S/C18H20N6O3/c1-27-15-5-3-14(4-6-15)21-18-16(24(25)26)7-8-17(22-18)20-9-2-11-23-12-10-19-13-23/h3-8,10,12-13H,2,9,11H2,1H3,(H2,20,21,22). The van der Waals surface area contributed by atoms with Gasteiger partial charge < -0.3 is 19.9 Å². The minimum Gasteiger partial charge on any atom is -0.497 e. The third-order valence-electron chi connectivity index (χ3n) is 3.88. The quantitative estimate of drug-likeness (QED) is 0.338. The minimum absolute atomic E-state index is 0.0882. The molecule has 0 saturated heterocycles. The molecule has 1 aromatic carbocycles.